The van der Waals surface area contributed by atoms with Crippen LogP contribution in [0.4, 0.5) is 5.82 Å². The summed E-state index contributed by atoms with van der Waals surface area (Å²) in [5, 5.41) is 0.532. The van der Waals surface area contributed by atoms with Crippen LogP contribution in [0.5, 0.6) is 0 Å². The minimum absolute atomic E-state index is 0.0972. The minimum Gasteiger partial charge on any atom is -0.384 e. The Balaban J connectivity index is 3.03. The van der Waals surface area contributed by atoms with Crippen molar-refractivity contribution in [1.29, 1.82) is 0 Å². The average Bonchev–Trinajstić information content (AvgIpc) is 2.10. The van der Waals surface area contributed by atoms with E-state index in [1.807, 2.05) is 6.92 Å². The fraction of sp³-hybridized carbons (Fsp3) is 0.222. The van der Waals surface area contributed by atoms with Crippen molar-refractivity contribution < 1.29 is 0 Å². The van der Waals surface area contributed by atoms with Crippen molar-refractivity contribution in [1.82, 2.24) is 14.5 Å². The second-order valence-corrected chi connectivity index (χ2v) is 3.22. The van der Waals surface area contributed by atoms with Gasteiger partial charge in [-0.05, 0) is 18.6 Å². The van der Waals surface area contributed by atoms with Crippen molar-refractivity contribution >= 4 is 16.9 Å². The van der Waals surface area contributed by atoms with E-state index in [1.54, 1.807) is 13.1 Å². The van der Waals surface area contributed by atoms with Gasteiger partial charge in [-0.25, -0.2) is 9.97 Å². The van der Waals surface area contributed by atoms with Gasteiger partial charge in [0.05, 0.1) is 11.7 Å². The number of anilines is 1. The molecule has 0 radical (unpaired) electrons. The molecule has 14 heavy (non-hydrogen) atoms. The van der Waals surface area contributed by atoms with Crippen LogP contribution >= 0.6 is 0 Å². The van der Waals surface area contributed by atoms with Crippen LogP contribution < -0.4 is 11.3 Å². The van der Waals surface area contributed by atoms with E-state index in [0.29, 0.717) is 16.9 Å². The quantitative estimate of drug-likeness (QED) is 0.644. The second kappa shape index (κ2) is 2.80. The summed E-state index contributed by atoms with van der Waals surface area (Å²) in [6.45, 7) is 1.82. The van der Waals surface area contributed by atoms with E-state index in [1.165, 1.54) is 10.9 Å². The Morgan fingerprint density at radius 1 is 1.50 bits per heavy atom. The number of hydrogen-bond acceptors (Lipinski definition) is 4. The molecule has 2 aromatic rings. The molecule has 0 saturated carbocycles. The standard InChI is InChI=1S/C9H10N4O/c1-5-3-6(10)12-8-7(5)9(14)13(2)4-11-8/h3-4H,1-2H3,(H2,10,12). The van der Waals surface area contributed by atoms with Gasteiger partial charge >= 0.3 is 0 Å². The summed E-state index contributed by atoms with van der Waals surface area (Å²) in [4.78, 5) is 19.7. The number of aromatic nitrogens is 3. The van der Waals surface area contributed by atoms with E-state index in [9.17, 15) is 4.79 Å². The van der Waals surface area contributed by atoms with E-state index < -0.39 is 0 Å². The van der Waals surface area contributed by atoms with Crippen LogP contribution in [0.15, 0.2) is 17.2 Å². The van der Waals surface area contributed by atoms with Crippen molar-refractivity contribution in [2.24, 2.45) is 7.05 Å². The predicted molar refractivity (Wildman–Crippen MR) is 53.9 cm³/mol. The Kier molecular flexibility index (Phi) is 1.73. The Bertz CT molecular complexity index is 558. The summed E-state index contributed by atoms with van der Waals surface area (Å²) in [6, 6.07) is 1.67. The van der Waals surface area contributed by atoms with E-state index in [0.717, 1.165) is 5.56 Å². The third-order valence-electron chi connectivity index (χ3n) is 2.10. The Hall–Kier alpha value is -1.91. The third kappa shape index (κ3) is 1.14. The molecule has 5 heteroatoms. The lowest BCUT2D eigenvalue weighted by Gasteiger charge is -2.03. The van der Waals surface area contributed by atoms with Crippen molar-refractivity contribution in [3.05, 3.63) is 28.3 Å². The molecule has 0 unspecified atom stereocenters. The van der Waals surface area contributed by atoms with Crippen molar-refractivity contribution in [3.63, 3.8) is 0 Å². The molecular weight excluding hydrogens is 180 g/mol. The molecule has 0 saturated heterocycles. The number of pyridine rings is 1. The molecule has 0 amide bonds. The SMILES string of the molecule is Cc1cc(N)nc2ncn(C)c(=O)c12. The van der Waals surface area contributed by atoms with Crippen LogP contribution in [0, 0.1) is 6.92 Å². The normalized spacial score (nSPS) is 10.7. The van der Waals surface area contributed by atoms with E-state index >= 15 is 0 Å². The number of rotatable bonds is 0. The van der Waals surface area contributed by atoms with Crippen molar-refractivity contribution in [3.8, 4) is 0 Å². The molecule has 0 spiro atoms. The fourth-order valence-corrected chi connectivity index (χ4v) is 1.41. The number of aryl methyl sites for hydroxylation is 2. The lowest BCUT2D eigenvalue weighted by molar-refractivity contribution is 0.839. The molecule has 0 aromatic carbocycles. The van der Waals surface area contributed by atoms with E-state index in [4.69, 9.17) is 5.73 Å². The molecule has 2 heterocycles. The number of nitrogens with zero attached hydrogens (tertiary/aromatic N) is 3. The van der Waals surface area contributed by atoms with Crippen LogP contribution in [-0.4, -0.2) is 14.5 Å². The predicted octanol–water partition coefficient (Wildman–Crippen LogP) is 0.219. The highest BCUT2D eigenvalue weighted by atomic mass is 16.1. The van der Waals surface area contributed by atoms with Gasteiger partial charge < -0.3 is 10.3 Å². The van der Waals surface area contributed by atoms with Gasteiger partial charge in [0.2, 0.25) is 0 Å². The first kappa shape index (κ1) is 8.68. The molecule has 0 aliphatic carbocycles. The molecule has 5 nitrogen and oxygen atoms in total. The molecule has 2 rings (SSSR count). The molecule has 72 valence electrons. The number of fused-ring (bicyclic) bond motifs is 1. The smallest absolute Gasteiger partial charge is 0.262 e. The summed E-state index contributed by atoms with van der Waals surface area (Å²) in [5.74, 6) is 0.385. The first-order valence-corrected chi connectivity index (χ1v) is 4.18. The van der Waals surface area contributed by atoms with Gasteiger partial charge in [0.1, 0.15) is 5.82 Å². The van der Waals surface area contributed by atoms with Crippen LogP contribution in [0.25, 0.3) is 11.0 Å². The third-order valence-corrected chi connectivity index (χ3v) is 2.10. The summed E-state index contributed by atoms with van der Waals surface area (Å²) in [6.07, 6.45) is 1.44. The Labute approximate surface area is 80.2 Å². The maximum absolute atomic E-state index is 11.7. The zero-order chi connectivity index (χ0) is 10.3. The Morgan fingerprint density at radius 3 is 2.93 bits per heavy atom. The highest BCUT2D eigenvalue weighted by Crippen LogP contribution is 2.12. The maximum atomic E-state index is 11.7. The van der Waals surface area contributed by atoms with Crippen molar-refractivity contribution in [2.75, 3.05) is 5.73 Å². The summed E-state index contributed by atoms with van der Waals surface area (Å²) in [7, 11) is 1.66. The molecule has 2 N–H and O–H groups in total. The first-order chi connectivity index (χ1) is 6.59. The molecule has 0 atom stereocenters. The van der Waals surface area contributed by atoms with Crippen LogP contribution in [0.2, 0.25) is 0 Å². The van der Waals surface area contributed by atoms with Gasteiger partial charge in [0.15, 0.2) is 5.65 Å². The zero-order valence-electron chi connectivity index (χ0n) is 7.98. The van der Waals surface area contributed by atoms with Gasteiger partial charge in [0, 0.05) is 7.05 Å². The maximum Gasteiger partial charge on any atom is 0.262 e. The molecule has 0 fully saturated rings. The van der Waals surface area contributed by atoms with E-state index in [-0.39, 0.29) is 5.56 Å². The number of nitrogens with two attached hydrogens (primary N) is 1. The first-order valence-electron chi connectivity index (χ1n) is 4.18. The minimum atomic E-state index is -0.0972. The van der Waals surface area contributed by atoms with E-state index in [2.05, 4.69) is 9.97 Å². The fourth-order valence-electron chi connectivity index (χ4n) is 1.41. The second-order valence-electron chi connectivity index (χ2n) is 3.22. The van der Waals surface area contributed by atoms with Gasteiger partial charge in [-0.2, -0.15) is 0 Å². The van der Waals surface area contributed by atoms with Crippen LogP contribution in [0.1, 0.15) is 5.56 Å². The van der Waals surface area contributed by atoms with Gasteiger partial charge in [-0.1, -0.05) is 0 Å². The van der Waals surface area contributed by atoms with Crippen molar-refractivity contribution in [2.45, 2.75) is 6.92 Å². The molecular formula is C9H10N4O. The van der Waals surface area contributed by atoms with Gasteiger partial charge in [-0.15, -0.1) is 0 Å². The lowest BCUT2D eigenvalue weighted by Crippen LogP contribution is -2.18. The topological polar surface area (TPSA) is 73.8 Å². The lowest BCUT2D eigenvalue weighted by atomic mass is 10.2. The summed E-state index contributed by atoms with van der Waals surface area (Å²) < 4.78 is 1.42. The zero-order valence-corrected chi connectivity index (χ0v) is 7.98. The van der Waals surface area contributed by atoms with Crippen LogP contribution in [0.3, 0.4) is 0 Å². The molecule has 0 bridgehead atoms. The van der Waals surface area contributed by atoms with Gasteiger partial charge in [-0.3, -0.25) is 4.79 Å². The summed E-state index contributed by atoms with van der Waals surface area (Å²) in [5.41, 5.74) is 6.67. The largest absolute Gasteiger partial charge is 0.384 e. The highest BCUT2D eigenvalue weighted by molar-refractivity contribution is 5.78. The summed E-state index contributed by atoms with van der Waals surface area (Å²) >= 11 is 0. The molecule has 0 aliphatic rings. The highest BCUT2D eigenvalue weighted by Gasteiger charge is 2.06. The average molecular weight is 190 g/mol. The molecule has 2 aromatic heterocycles. The Morgan fingerprint density at radius 2 is 2.21 bits per heavy atom. The number of hydrogen-bond donors (Lipinski definition) is 1. The van der Waals surface area contributed by atoms with Gasteiger partial charge in [0.25, 0.3) is 5.56 Å². The van der Waals surface area contributed by atoms with Crippen LogP contribution in [-0.2, 0) is 7.05 Å². The molecule has 0 aliphatic heterocycles. The monoisotopic (exact) mass is 190 g/mol. The number of nitrogen functional groups attached to an aromatic ring is 1.